The van der Waals surface area contributed by atoms with E-state index in [0.29, 0.717) is 21.4 Å². The molecular formula is C16H12ClN3O3S. The van der Waals surface area contributed by atoms with Crippen molar-refractivity contribution in [3.8, 4) is 5.75 Å². The summed E-state index contributed by atoms with van der Waals surface area (Å²) >= 11 is 7.29. The average Bonchev–Trinajstić information content (AvgIpc) is 2.60. The van der Waals surface area contributed by atoms with E-state index in [1.807, 2.05) is 0 Å². The van der Waals surface area contributed by atoms with Gasteiger partial charge in [0.25, 0.3) is 0 Å². The van der Waals surface area contributed by atoms with E-state index in [1.54, 1.807) is 24.5 Å². The third-order valence-corrected chi connectivity index (χ3v) is 4.55. The van der Waals surface area contributed by atoms with Crippen LogP contribution in [0.25, 0.3) is 0 Å². The second-order valence-corrected chi connectivity index (χ2v) is 6.05. The zero-order valence-electron chi connectivity index (χ0n) is 12.8. The molecule has 1 aliphatic rings. The third-order valence-electron chi connectivity index (χ3n) is 3.46. The fourth-order valence-electron chi connectivity index (χ4n) is 2.33. The van der Waals surface area contributed by atoms with Crippen molar-refractivity contribution in [3.05, 3.63) is 57.6 Å². The molecule has 0 saturated carbocycles. The summed E-state index contributed by atoms with van der Waals surface area (Å²) < 4.78 is 5.10. The molecule has 6 nitrogen and oxygen atoms in total. The molecule has 0 unspecified atom stereocenters. The van der Waals surface area contributed by atoms with Gasteiger partial charge in [-0.05, 0) is 24.5 Å². The van der Waals surface area contributed by atoms with Crippen LogP contribution >= 0.6 is 23.4 Å². The van der Waals surface area contributed by atoms with Gasteiger partial charge in [-0.15, -0.1) is 11.8 Å². The van der Waals surface area contributed by atoms with Gasteiger partial charge in [0.15, 0.2) is 0 Å². The third kappa shape index (κ3) is 2.76. The normalized spacial score (nSPS) is 13.8. The summed E-state index contributed by atoms with van der Waals surface area (Å²) in [7, 11) is 1.52. The molecule has 3 rings (SSSR count). The Morgan fingerprint density at radius 2 is 2.04 bits per heavy atom. The summed E-state index contributed by atoms with van der Waals surface area (Å²) in [6, 6.07) is 5.01. The predicted octanol–water partition coefficient (Wildman–Crippen LogP) is 3.20. The minimum atomic E-state index is -0.332. The number of hydrogen-bond donors (Lipinski definition) is 1. The first-order valence-corrected chi connectivity index (χ1v) is 8.45. The number of nitrogens with zero attached hydrogens (tertiary/aromatic N) is 2. The lowest BCUT2D eigenvalue weighted by Crippen LogP contribution is -2.26. The first-order valence-electron chi connectivity index (χ1n) is 6.85. The van der Waals surface area contributed by atoms with Crippen molar-refractivity contribution in [2.45, 2.75) is 0 Å². The molecule has 1 aromatic carbocycles. The van der Waals surface area contributed by atoms with Crippen LogP contribution in [-0.4, -0.2) is 34.9 Å². The Balaban J connectivity index is 2.04. The number of rotatable bonds is 4. The second kappa shape index (κ2) is 6.62. The zero-order valence-corrected chi connectivity index (χ0v) is 14.4. The van der Waals surface area contributed by atoms with Crippen molar-refractivity contribution >= 4 is 40.6 Å². The molecule has 0 radical (unpaired) electrons. The maximum Gasteiger partial charge on any atom is 0.220 e. The number of halogens is 1. The first kappa shape index (κ1) is 16.5. The molecule has 1 N–H and O–H groups in total. The Hall–Kier alpha value is -2.38. The molecular weight excluding hydrogens is 350 g/mol. The number of hydrogen-bond acceptors (Lipinski definition) is 7. The molecule has 8 heteroatoms. The molecule has 0 amide bonds. The van der Waals surface area contributed by atoms with Crippen molar-refractivity contribution in [2.75, 3.05) is 18.7 Å². The summed E-state index contributed by atoms with van der Waals surface area (Å²) in [6.45, 7) is 0. The summed E-state index contributed by atoms with van der Waals surface area (Å²) in [5.74, 6) is -0.117. The number of carbonyl (C=O) groups excluding carboxylic acids is 2. The Bertz CT molecular complexity index is 883. The molecule has 2 aromatic rings. The summed E-state index contributed by atoms with van der Waals surface area (Å²) in [5, 5.41) is 3.38. The van der Waals surface area contributed by atoms with Crippen LogP contribution in [0.3, 0.4) is 0 Å². The number of allylic oxidation sites excluding steroid dienone is 2. The van der Waals surface area contributed by atoms with Crippen LogP contribution in [0, 0.1) is 0 Å². The van der Waals surface area contributed by atoms with E-state index in [0.717, 1.165) is 0 Å². The lowest BCUT2D eigenvalue weighted by molar-refractivity contribution is 0.0978. The maximum absolute atomic E-state index is 12.7. The van der Waals surface area contributed by atoms with Gasteiger partial charge in [-0.1, -0.05) is 11.6 Å². The molecule has 122 valence electrons. The number of ketones is 2. The SMILES string of the molecule is COc1ccc(NC2=C(SC)C(=O)c3ncncc3C2=O)cc1Cl. The largest absolute Gasteiger partial charge is 0.495 e. The van der Waals surface area contributed by atoms with Gasteiger partial charge in [-0.25, -0.2) is 9.97 Å². The van der Waals surface area contributed by atoms with Gasteiger partial charge in [-0.3, -0.25) is 9.59 Å². The van der Waals surface area contributed by atoms with Crippen LogP contribution in [0.4, 0.5) is 5.69 Å². The van der Waals surface area contributed by atoms with Crippen LogP contribution in [0.1, 0.15) is 20.8 Å². The van der Waals surface area contributed by atoms with E-state index in [9.17, 15) is 9.59 Å². The van der Waals surface area contributed by atoms with Crippen molar-refractivity contribution in [2.24, 2.45) is 0 Å². The summed E-state index contributed by atoms with van der Waals surface area (Å²) in [6.07, 6.45) is 4.33. The van der Waals surface area contributed by atoms with Gasteiger partial charge in [0.1, 0.15) is 23.5 Å². The first-order chi connectivity index (χ1) is 11.6. The molecule has 1 aromatic heterocycles. The minimum Gasteiger partial charge on any atom is -0.495 e. The molecule has 1 aliphatic carbocycles. The fraction of sp³-hybridized carbons (Fsp3) is 0.125. The van der Waals surface area contributed by atoms with Gasteiger partial charge in [0, 0.05) is 11.9 Å². The highest BCUT2D eigenvalue weighted by atomic mass is 35.5. The van der Waals surface area contributed by atoms with Crippen LogP contribution in [-0.2, 0) is 0 Å². The minimum absolute atomic E-state index is 0.123. The van der Waals surface area contributed by atoms with E-state index in [2.05, 4.69) is 15.3 Å². The number of nitrogens with one attached hydrogen (secondary N) is 1. The number of fused-ring (bicyclic) bond motifs is 1. The van der Waals surface area contributed by atoms with Crippen molar-refractivity contribution in [1.82, 2.24) is 9.97 Å². The summed E-state index contributed by atoms with van der Waals surface area (Å²) in [4.78, 5) is 33.3. The zero-order chi connectivity index (χ0) is 17.3. The fourth-order valence-corrected chi connectivity index (χ4v) is 3.22. The topological polar surface area (TPSA) is 81.2 Å². The lowest BCUT2D eigenvalue weighted by Gasteiger charge is -2.20. The summed E-state index contributed by atoms with van der Waals surface area (Å²) in [5.41, 5.74) is 1.07. The average molecular weight is 362 g/mol. The van der Waals surface area contributed by atoms with Gasteiger partial charge >= 0.3 is 0 Å². The number of ether oxygens (including phenoxy) is 1. The van der Waals surface area contributed by atoms with Crippen molar-refractivity contribution in [3.63, 3.8) is 0 Å². The lowest BCUT2D eigenvalue weighted by atomic mass is 9.98. The molecule has 0 atom stereocenters. The van der Waals surface area contributed by atoms with Crippen LogP contribution in [0.15, 0.2) is 41.3 Å². The number of carbonyl (C=O) groups is 2. The Labute approximate surface area is 147 Å². The Kier molecular flexibility index (Phi) is 4.55. The number of benzene rings is 1. The van der Waals surface area contributed by atoms with E-state index >= 15 is 0 Å². The highest BCUT2D eigenvalue weighted by molar-refractivity contribution is 8.03. The highest BCUT2D eigenvalue weighted by Crippen LogP contribution is 2.33. The van der Waals surface area contributed by atoms with Gasteiger partial charge in [0.2, 0.25) is 11.6 Å². The molecule has 1 heterocycles. The smallest absolute Gasteiger partial charge is 0.220 e. The molecule has 0 fully saturated rings. The number of Topliss-reactive ketones (excluding diaryl/α,β-unsaturated/α-hetero) is 2. The van der Waals surface area contributed by atoms with Crippen LogP contribution in [0.2, 0.25) is 5.02 Å². The quantitative estimate of drug-likeness (QED) is 0.895. The molecule has 0 spiro atoms. The standard InChI is InChI=1S/C16H12ClN3O3S/c1-23-11-4-3-8(5-10(11)17)20-13-14(21)9-6-18-7-19-12(9)15(22)16(13)24-2/h3-7,20H,1-2H3. The van der Waals surface area contributed by atoms with Crippen LogP contribution < -0.4 is 10.1 Å². The molecule has 0 saturated heterocycles. The van der Waals surface area contributed by atoms with Crippen LogP contribution in [0.5, 0.6) is 5.75 Å². The molecule has 0 bridgehead atoms. The highest BCUT2D eigenvalue weighted by Gasteiger charge is 2.33. The van der Waals surface area contributed by atoms with Gasteiger partial charge in [0.05, 0.1) is 22.6 Å². The Morgan fingerprint density at radius 3 is 2.71 bits per heavy atom. The number of aromatic nitrogens is 2. The maximum atomic E-state index is 12.7. The monoisotopic (exact) mass is 361 g/mol. The predicted molar refractivity (Wildman–Crippen MR) is 92.9 cm³/mol. The van der Waals surface area contributed by atoms with Crippen molar-refractivity contribution in [1.29, 1.82) is 0 Å². The van der Waals surface area contributed by atoms with Crippen molar-refractivity contribution < 1.29 is 14.3 Å². The second-order valence-electron chi connectivity index (χ2n) is 4.83. The number of anilines is 1. The van der Waals surface area contributed by atoms with E-state index < -0.39 is 0 Å². The van der Waals surface area contributed by atoms with Gasteiger partial charge < -0.3 is 10.1 Å². The van der Waals surface area contributed by atoms with E-state index in [4.69, 9.17) is 16.3 Å². The molecule has 0 aliphatic heterocycles. The Morgan fingerprint density at radius 1 is 1.25 bits per heavy atom. The van der Waals surface area contributed by atoms with E-state index in [-0.39, 0.29) is 28.5 Å². The van der Waals surface area contributed by atoms with Gasteiger partial charge in [-0.2, -0.15) is 0 Å². The molecule has 24 heavy (non-hydrogen) atoms. The number of thioether (sulfide) groups is 1. The van der Waals surface area contributed by atoms with E-state index in [1.165, 1.54) is 31.4 Å². The number of methoxy groups -OCH3 is 1.